The molecule has 1 heterocycles. The molecule has 0 aromatic heterocycles. The lowest BCUT2D eigenvalue weighted by atomic mass is 10.1. The number of para-hydroxylation sites is 1. The highest BCUT2D eigenvalue weighted by atomic mass is 16.5. The molecule has 0 unspecified atom stereocenters. The molecule has 1 aliphatic rings. The van der Waals surface area contributed by atoms with E-state index in [1.165, 1.54) is 24.9 Å². The Morgan fingerprint density at radius 2 is 1.96 bits per heavy atom. The van der Waals surface area contributed by atoms with Crippen LogP contribution in [-0.2, 0) is 14.3 Å². The molecule has 0 aliphatic carbocycles. The summed E-state index contributed by atoms with van der Waals surface area (Å²) in [5.74, 6) is -1.53. The van der Waals surface area contributed by atoms with Crippen LogP contribution in [0.25, 0.3) is 0 Å². The molecular weight excluding hydrogens is 314 g/mol. The van der Waals surface area contributed by atoms with Crippen molar-refractivity contribution in [1.29, 1.82) is 0 Å². The summed E-state index contributed by atoms with van der Waals surface area (Å²) in [5, 5.41) is 4.26. The molecule has 1 aromatic rings. The minimum atomic E-state index is -1.16. The number of benzene rings is 1. The Bertz CT molecular complexity index is 673. The fraction of sp³-hybridized carbons (Fsp3) is 0.375. The second-order valence-electron chi connectivity index (χ2n) is 5.28. The molecule has 0 saturated carbocycles. The van der Waals surface area contributed by atoms with E-state index >= 15 is 0 Å². The summed E-state index contributed by atoms with van der Waals surface area (Å²) in [5.41, 5.74) is 0.663. The van der Waals surface area contributed by atoms with Gasteiger partial charge >= 0.3 is 12.0 Å². The molecule has 1 aromatic carbocycles. The summed E-state index contributed by atoms with van der Waals surface area (Å²) in [6.07, 6.45) is 0.0127. The van der Waals surface area contributed by atoms with Gasteiger partial charge in [-0.25, -0.2) is 9.59 Å². The molecule has 2 N–H and O–H groups in total. The zero-order chi connectivity index (χ0) is 17.7. The fourth-order valence-electron chi connectivity index (χ4n) is 2.34. The van der Waals surface area contributed by atoms with Gasteiger partial charge < -0.3 is 15.0 Å². The van der Waals surface area contributed by atoms with E-state index in [0.29, 0.717) is 18.7 Å². The normalized spacial score (nSPS) is 14.9. The second kappa shape index (κ2) is 7.58. The van der Waals surface area contributed by atoms with E-state index in [9.17, 15) is 19.2 Å². The maximum absolute atomic E-state index is 12.4. The number of amides is 4. The third kappa shape index (κ3) is 3.89. The van der Waals surface area contributed by atoms with Crippen LogP contribution in [0.3, 0.4) is 0 Å². The molecule has 1 fully saturated rings. The predicted octanol–water partition coefficient (Wildman–Crippen LogP) is 0.814. The van der Waals surface area contributed by atoms with Crippen molar-refractivity contribution in [2.45, 2.75) is 25.9 Å². The van der Waals surface area contributed by atoms with E-state index in [-0.39, 0.29) is 11.5 Å². The van der Waals surface area contributed by atoms with Crippen LogP contribution in [-0.4, -0.2) is 43.5 Å². The Hall–Kier alpha value is -2.90. The van der Waals surface area contributed by atoms with E-state index < -0.39 is 24.0 Å². The molecular formula is C16H19N3O5. The van der Waals surface area contributed by atoms with Crippen molar-refractivity contribution in [3.05, 3.63) is 29.8 Å². The molecule has 2 rings (SSSR count). The van der Waals surface area contributed by atoms with Crippen molar-refractivity contribution < 1.29 is 23.9 Å². The van der Waals surface area contributed by atoms with Crippen LogP contribution >= 0.6 is 0 Å². The van der Waals surface area contributed by atoms with Crippen molar-refractivity contribution >= 4 is 29.5 Å². The third-order valence-corrected chi connectivity index (χ3v) is 3.61. The molecule has 0 bridgehead atoms. The Kier molecular flexibility index (Phi) is 5.51. The molecule has 24 heavy (non-hydrogen) atoms. The summed E-state index contributed by atoms with van der Waals surface area (Å²) in [6.45, 7) is 1.90. The number of carbonyl (C=O) groups excluding carboxylic acids is 4. The topological polar surface area (TPSA) is 105 Å². The number of hydrogen-bond acceptors (Lipinski definition) is 5. The first-order valence-corrected chi connectivity index (χ1v) is 7.57. The highest BCUT2D eigenvalue weighted by molar-refractivity contribution is 6.04. The summed E-state index contributed by atoms with van der Waals surface area (Å²) >= 11 is 0. The van der Waals surface area contributed by atoms with Gasteiger partial charge in [-0.1, -0.05) is 12.1 Å². The number of nitrogens with zero attached hydrogens (tertiary/aromatic N) is 1. The van der Waals surface area contributed by atoms with Gasteiger partial charge in [0.05, 0.1) is 11.3 Å². The number of esters is 1. The second-order valence-corrected chi connectivity index (χ2v) is 5.28. The number of urea groups is 1. The van der Waals surface area contributed by atoms with E-state index in [1.54, 1.807) is 18.2 Å². The number of ether oxygens (including phenoxy) is 1. The van der Waals surface area contributed by atoms with Crippen LogP contribution in [0, 0.1) is 0 Å². The summed E-state index contributed by atoms with van der Waals surface area (Å²) in [6, 6.07) is 5.88. The maximum atomic E-state index is 12.4. The average molecular weight is 333 g/mol. The Labute approximate surface area is 139 Å². The fourth-order valence-corrected chi connectivity index (χ4v) is 2.34. The molecule has 1 saturated heterocycles. The van der Waals surface area contributed by atoms with E-state index in [1.807, 2.05) is 5.32 Å². The smallest absolute Gasteiger partial charge is 0.341 e. The standard InChI is InChI=1S/C16H19N3O5/c1-10(14(21)18-16(23)17-2)24-15(22)11-6-3-4-7-12(11)19-9-5-8-13(19)20/h3-4,6-7,10H,5,8-9H2,1-2H3,(H2,17,18,21,23)/t10-/m0/s1. The lowest BCUT2D eigenvalue weighted by Crippen LogP contribution is -2.43. The van der Waals surface area contributed by atoms with Crippen molar-refractivity contribution in [1.82, 2.24) is 10.6 Å². The molecule has 8 heteroatoms. The van der Waals surface area contributed by atoms with Crippen LogP contribution in [0.2, 0.25) is 0 Å². The zero-order valence-corrected chi connectivity index (χ0v) is 13.5. The quantitative estimate of drug-likeness (QED) is 0.794. The Morgan fingerprint density at radius 3 is 2.58 bits per heavy atom. The number of nitrogens with one attached hydrogen (secondary N) is 2. The predicted molar refractivity (Wildman–Crippen MR) is 85.5 cm³/mol. The molecule has 8 nitrogen and oxygen atoms in total. The SMILES string of the molecule is CNC(=O)NC(=O)[C@H](C)OC(=O)c1ccccc1N1CCCC1=O. The van der Waals surface area contributed by atoms with Gasteiger partial charge in [-0.3, -0.25) is 14.9 Å². The molecule has 1 atom stereocenters. The summed E-state index contributed by atoms with van der Waals surface area (Å²) < 4.78 is 5.11. The number of hydrogen-bond donors (Lipinski definition) is 2. The first-order valence-electron chi connectivity index (χ1n) is 7.57. The van der Waals surface area contributed by atoms with Gasteiger partial charge in [-0.2, -0.15) is 0 Å². The van der Waals surface area contributed by atoms with Crippen molar-refractivity contribution in [3.8, 4) is 0 Å². The first-order chi connectivity index (χ1) is 11.4. The molecule has 1 aliphatic heterocycles. The third-order valence-electron chi connectivity index (χ3n) is 3.61. The summed E-state index contributed by atoms with van der Waals surface area (Å²) in [7, 11) is 1.36. The van der Waals surface area contributed by atoms with Crippen molar-refractivity contribution in [2.75, 3.05) is 18.5 Å². The molecule has 0 spiro atoms. The number of imide groups is 1. The Balaban J connectivity index is 2.11. The van der Waals surface area contributed by atoms with Crippen LogP contribution < -0.4 is 15.5 Å². The van der Waals surface area contributed by atoms with Gasteiger partial charge in [-0.05, 0) is 25.5 Å². The van der Waals surface area contributed by atoms with Crippen LogP contribution in [0.1, 0.15) is 30.1 Å². The number of carbonyl (C=O) groups is 4. The number of anilines is 1. The summed E-state index contributed by atoms with van der Waals surface area (Å²) in [4.78, 5) is 48.7. The van der Waals surface area contributed by atoms with Gasteiger partial charge in [0.15, 0.2) is 6.10 Å². The highest BCUT2D eigenvalue weighted by Crippen LogP contribution is 2.26. The lowest BCUT2D eigenvalue weighted by Gasteiger charge is -2.20. The van der Waals surface area contributed by atoms with E-state index in [2.05, 4.69) is 5.32 Å². The average Bonchev–Trinajstić information content (AvgIpc) is 3.00. The van der Waals surface area contributed by atoms with Crippen molar-refractivity contribution in [2.24, 2.45) is 0 Å². The molecule has 0 radical (unpaired) electrons. The Morgan fingerprint density at radius 1 is 1.25 bits per heavy atom. The van der Waals surface area contributed by atoms with Crippen LogP contribution in [0.15, 0.2) is 24.3 Å². The van der Waals surface area contributed by atoms with Gasteiger partial charge in [0.2, 0.25) is 5.91 Å². The van der Waals surface area contributed by atoms with Gasteiger partial charge in [0, 0.05) is 20.0 Å². The minimum absolute atomic E-state index is 0.0549. The van der Waals surface area contributed by atoms with Crippen LogP contribution in [0.5, 0.6) is 0 Å². The van der Waals surface area contributed by atoms with Crippen LogP contribution in [0.4, 0.5) is 10.5 Å². The molecule has 128 valence electrons. The number of rotatable bonds is 4. The largest absolute Gasteiger partial charge is 0.449 e. The maximum Gasteiger partial charge on any atom is 0.341 e. The minimum Gasteiger partial charge on any atom is -0.449 e. The first kappa shape index (κ1) is 17.5. The van der Waals surface area contributed by atoms with Crippen molar-refractivity contribution in [3.63, 3.8) is 0 Å². The highest BCUT2D eigenvalue weighted by Gasteiger charge is 2.27. The lowest BCUT2D eigenvalue weighted by molar-refractivity contribution is -0.128. The van der Waals surface area contributed by atoms with E-state index in [4.69, 9.17) is 4.74 Å². The zero-order valence-electron chi connectivity index (χ0n) is 13.5. The van der Waals surface area contributed by atoms with Gasteiger partial charge in [-0.15, -0.1) is 0 Å². The van der Waals surface area contributed by atoms with E-state index in [0.717, 1.165) is 6.42 Å². The monoisotopic (exact) mass is 333 g/mol. The molecule has 4 amide bonds. The van der Waals surface area contributed by atoms with Gasteiger partial charge in [0.1, 0.15) is 0 Å². The van der Waals surface area contributed by atoms with Gasteiger partial charge in [0.25, 0.3) is 5.91 Å².